The first-order valence-electron chi connectivity index (χ1n) is 11.8. The maximum Gasteiger partial charge on any atom is 0.231 e. The molecule has 1 saturated heterocycles. The lowest BCUT2D eigenvalue weighted by Gasteiger charge is -2.34. The van der Waals surface area contributed by atoms with Gasteiger partial charge in [0.2, 0.25) is 18.6 Å². The monoisotopic (exact) mass is 486 g/mol. The van der Waals surface area contributed by atoms with Gasteiger partial charge in [-0.15, -0.1) is 0 Å². The molecule has 1 fully saturated rings. The summed E-state index contributed by atoms with van der Waals surface area (Å²) in [7, 11) is 0. The molecule has 11 heteroatoms. The van der Waals surface area contributed by atoms with Crippen LogP contribution in [0.25, 0.3) is 11.2 Å². The number of aromatic amines is 1. The number of aromatic nitrogens is 4. The third kappa shape index (κ3) is 4.60. The average Bonchev–Trinajstić information content (AvgIpc) is 3.55. The Morgan fingerprint density at radius 3 is 2.58 bits per heavy atom. The Kier molecular flexibility index (Phi) is 5.74. The van der Waals surface area contributed by atoms with Gasteiger partial charge in [-0.3, -0.25) is 9.69 Å². The molecule has 6 rings (SSSR count). The van der Waals surface area contributed by atoms with Gasteiger partial charge >= 0.3 is 0 Å². The molecule has 2 aliphatic rings. The van der Waals surface area contributed by atoms with Crippen molar-refractivity contribution in [2.75, 3.05) is 48.5 Å². The molecule has 184 valence electrons. The average molecular weight is 487 g/mol. The summed E-state index contributed by atoms with van der Waals surface area (Å²) < 4.78 is 10.9. The van der Waals surface area contributed by atoms with Gasteiger partial charge in [0.05, 0.1) is 6.33 Å². The molecule has 2 aromatic carbocycles. The van der Waals surface area contributed by atoms with Gasteiger partial charge in [0.25, 0.3) is 0 Å². The first-order chi connectivity index (χ1) is 17.6. The van der Waals surface area contributed by atoms with Crippen molar-refractivity contribution < 1.29 is 14.3 Å². The van der Waals surface area contributed by atoms with Gasteiger partial charge in [-0.1, -0.05) is 6.07 Å². The number of imidazole rings is 1. The van der Waals surface area contributed by atoms with E-state index in [4.69, 9.17) is 19.4 Å². The van der Waals surface area contributed by atoms with E-state index in [0.717, 1.165) is 61.1 Å². The van der Waals surface area contributed by atoms with Gasteiger partial charge in [-0.2, -0.15) is 9.97 Å². The minimum absolute atomic E-state index is 0.105. The summed E-state index contributed by atoms with van der Waals surface area (Å²) in [6.07, 6.45) is 1.62. The number of piperazine rings is 1. The van der Waals surface area contributed by atoms with Crippen LogP contribution in [0.5, 0.6) is 11.5 Å². The van der Waals surface area contributed by atoms with Crippen molar-refractivity contribution in [3.05, 3.63) is 54.4 Å². The van der Waals surface area contributed by atoms with Gasteiger partial charge in [-0.25, -0.2) is 4.98 Å². The van der Waals surface area contributed by atoms with Gasteiger partial charge in [0.1, 0.15) is 5.52 Å². The molecule has 0 bridgehead atoms. The zero-order chi connectivity index (χ0) is 24.5. The number of rotatable bonds is 6. The molecule has 2 aliphatic heterocycles. The van der Waals surface area contributed by atoms with E-state index in [2.05, 4.69) is 42.5 Å². The van der Waals surface area contributed by atoms with E-state index in [1.807, 2.05) is 30.3 Å². The molecule has 0 spiro atoms. The zero-order valence-corrected chi connectivity index (χ0v) is 19.8. The fourth-order valence-corrected chi connectivity index (χ4v) is 4.43. The fraction of sp³-hybridized carbons (Fsp3) is 0.280. The second-order valence-electron chi connectivity index (χ2n) is 8.81. The molecule has 4 aromatic rings. The number of anilines is 4. The fourth-order valence-electron chi connectivity index (χ4n) is 4.43. The standard InChI is InChI=1S/C25H26N8O3/c1-16(34)28-18-3-5-19(6-4-18)29-24-22-23(27-14-26-22)30-25(31-24)33-10-8-32(9-11-33)13-17-2-7-20-21(12-17)36-15-35-20/h2-7,12,14H,8-11,13,15H2,1H3,(H,28,34)(H2,26,27,29,30,31). The summed E-state index contributed by atoms with van der Waals surface area (Å²) >= 11 is 0. The van der Waals surface area contributed by atoms with Crippen LogP contribution >= 0.6 is 0 Å². The molecule has 0 radical (unpaired) electrons. The second kappa shape index (κ2) is 9.34. The number of ether oxygens (including phenoxy) is 2. The molecule has 1 amide bonds. The SMILES string of the molecule is CC(=O)Nc1ccc(Nc2nc(N3CCN(Cc4ccc5c(c4)OCO5)CC3)nc3nc[nH]c23)cc1. The number of nitrogens with zero attached hydrogens (tertiary/aromatic N) is 5. The number of benzene rings is 2. The maximum absolute atomic E-state index is 11.3. The Balaban J connectivity index is 1.14. The molecule has 0 atom stereocenters. The summed E-state index contributed by atoms with van der Waals surface area (Å²) in [6, 6.07) is 13.6. The van der Waals surface area contributed by atoms with Gasteiger partial charge in [-0.05, 0) is 42.0 Å². The second-order valence-corrected chi connectivity index (χ2v) is 8.81. The molecule has 0 aliphatic carbocycles. The van der Waals surface area contributed by atoms with Crippen LogP contribution in [-0.4, -0.2) is 63.7 Å². The number of hydrogen-bond donors (Lipinski definition) is 3. The summed E-state index contributed by atoms with van der Waals surface area (Å²) in [5.41, 5.74) is 4.14. The van der Waals surface area contributed by atoms with E-state index < -0.39 is 0 Å². The van der Waals surface area contributed by atoms with E-state index in [1.165, 1.54) is 12.5 Å². The highest BCUT2D eigenvalue weighted by atomic mass is 16.7. The predicted molar refractivity (Wildman–Crippen MR) is 136 cm³/mol. The number of hydrogen-bond acceptors (Lipinski definition) is 9. The highest BCUT2D eigenvalue weighted by Crippen LogP contribution is 2.33. The predicted octanol–water partition coefficient (Wildman–Crippen LogP) is 3.11. The highest BCUT2D eigenvalue weighted by Gasteiger charge is 2.22. The number of amides is 1. The normalized spacial score (nSPS) is 15.3. The van der Waals surface area contributed by atoms with Crippen molar-refractivity contribution in [1.82, 2.24) is 24.8 Å². The summed E-state index contributed by atoms with van der Waals surface area (Å²) in [4.78, 5) is 32.9. The van der Waals surface area contributed by atoms with E-state index in [-0.39, 0.29) is 12.7 Å². The van der Waals surface area contributed by atoms with E-state index in [0.29, 0.717) is 17.4 Å². The van der Waals surface area contributed by atoms with Crippen molar-refractivity contribution in [2.45, 2.75) is 13.5 Å². The molecule has 11 nitrogen and oxygen atoms in total. The number of carbonyl (C=O) groups excluding carboxylic acids is 1. The number of fused-ring (bicyclic) bond motifs is 2. The largest absolute Gasteiger partial charge is 0.454 e. The van der Waals surface area contributed by atoms with Crippen molar-refractivity contribution in [3.63, 3.8) is 0 Å². The van der Waals surface area contributed by atoms with Crippen LogP contribution in [0.1, 0.15) is 12.5 Å². The molecular formula is C25H26N8O3. The number of H-pyrrole nitrogens is 1. The quantitative estimate of drug-likeness (QED) is 0.377. The molecule has 36 heavy (non-hydrogen) atoms. The zero-order valence-electron chi connectivity index (χ0n) is 19.8. The first kappa shape index (κ1) is 22.1. The van der Waals surface area contributed by atoms with Crippen molar-refractivity contribution in [1.29, 1.82) is 0 Å². The van der Waals surface area contributed by atoms with Crippen LogP contribution in [0.2, 0.25) is 0 Å². The lowest BCUT2D eigenvalue weighted by Crippen LogP contribution is -2.46. The van der Waals surface area contributed by atoms with E-state index in [9.17, 15) is 4.79 Å². The Morgan fingerprint density at radius 2 is 1.78 bits per heavy atom. The minimum Gasteiger partial charge on any atom is -0.454 e. The molecule has 4 heterocycles. The number of carbonyl (C=O) groups is 1. The van der Waals surface area contributed by atoms with Gasteiger partial charge in [0.15, 0.2) is 23.0 Å². The molecule has 3 N–H and O–H groups in total. The van der Waals surface area contributed by atoms with Crippen LogP contribution in [-0.2, 0) is 11.3 Å². The van der Waals surface area contributed by atoms with Crippen molar-refractivity contribution in [2.24, 2.45) is 0 Å². The van der Waals surface area contributed by atoms with Crippen molar-refractivity contribution in [3.8, 4) is 11.5 Å². The number of nitrogens with one attached hydrogen (secondary N) is 3. The van der Waals surface area contributed by atoms with Crippen LogP contribution in [0.4, 0.5) is 23.1 Å². The molecule has 0 saturated carbocycles. The lowest BCUT2D eigenvalue weighted by molar-refractivity contribution is -0.114. The van der Waals surface area contributed by atoms with Crippen molar-refractivity contribution >= 4 is 40.2 Å². The molecule has 0 unspecified atom stereocenters. The maximum atomic E-state index is 11.3. The van der Waals surface area contributed by atoms with Crippen LogP contribution < -0.4 is 25.0 Å². The summed E-state index contributed by atoms with van der Waals surface area (Å²) in [5.74, 6) is 2.82. The highest BCUT2D eigenvalue weighted by molar-refractivity contribution is 5.89. The topological polar surface area (TPSA) is 121 Å². The molecule has 2 aromatic heterocycles. The van der Waals surface area contributed by atoms with Crippen LogP contribution in [0, 0.1) is 0 Å². The van der Waals surface area contributed by atoms with Crippen LogP contribution in [0.15, 0.2) is 48.8 Å². The smallest absolute Gasteiger partial charge is 0.231 e. The summed E-state index contributed by atoms with van der Waals surface area (Å²) in [6.45, 7) is 6.03. The van der Waals surface area contributed by atoms with Crippen LogP contribution in [0.3, 0.4) is 0 Å². The summed E-state index contributed by atoms with van der Waals surface area (Å²) in [5, 5.41) is 6.13. The lowest BCUT2D eigenvalue weighted by atomic mass is 10.1. The minimum atomic E-state index is -0.105. The van der Waals surface area contributed by atoms with Gasteiger partial charge < -0.3 is 30.0 Å². The Morgan fingerprint density at radius 1 is 1.00 bits per heavy atom. The van der Waals surface area contributed by atoms with E-state index in [1.54, 1.807) is 6.33 Å². The third-order valence-electron chi connectivity index (χ3n) is 6.24. The Hall–Kier alpha value is -4.38. The first-order valence-corrected chi connectivity index (χ1v) is 11.8. The Bertz CT molecular complexity index is 1400. The Labute approximate surface area is 207 Å². The third-order valence-corrected chi connectivity index (χ3v) is 6.24. The van der Waals surface area contributed by atoms with E-state index >= 15 is 0 Å². The van der Waals surface area contributed by atoms with Gasteiger partial charge in [0, 0.05) is 51.0 Å². The molecular weight excluding hydrogens is 460 g/mol.